The monoisotopic (exact) mass is 708 g/mol. The lowest BCUT2D eigenvalue weighted by Crippen LogP contribution is -2.51. The smallest absolute Gasteiger partial charge is 0.407 e. The molecule has 2 aliphatic heterocycles. The van der Waals surface area contributed by atoms with E-state index in [4.69, 9.17) is 14.5 Å². The minimum Gasteiger partial charge on any atom is -0.453 e. The molecule has 0 spiro atoms. The molecular formula is C33H44N10O6S. The van der Waals surface area contributed by atoms with E-state index in [2.05, 4.69) is 30.6 Å². The highest BCUT2D eigenvalue weighted by Gasteiger charge is 2.39. The number of alkyl carbamates (subject to hydrolysis) is 2. The van der Waals surface area contributed by atoms with Crippen LogP contribution in [-0.4, -0.2) is 103 Å². The molecule has 4 atom stereocenters. The number of carbonyl (C=O) groups is 4. The Morgan fingerprint density at radius 2 is 1.44 bits per heavy atom. The van der Waals surface area contributed by atoms with Crippen LogP contribution in [0.4, 0.5) is 9.59 Å². The van der Waals surface area contributed by atoms with Crippen LogP contribution in [0.5, 0.6) is 0 Å². The summed E-state index contributed by atoms with van der Waals surface area (Å²) in [6.45, 7) is 8.73. The number of likely N-dealkylation sites (tertiary alicyclic amines) is 2. The molecule has 2 saturated heterocycles. The van der Waals surface area contributed by atoms with Crippen LogP contribution < -0.4 is 10.6 Å². The number of H-pyrrole nitrogens is 2. The van der Waals surface area contributed by atoms with Gasteiger partial charge in [-0.1, -0.05) is 39.0 Å². The number of thiazole rings is 1. The zero-order valence-corrected chi connectivity index (χ0v) is 29.9. The molecule has 0 bridgehead atoms. The van der Waals surface area contributed by atoms with Crippen molar-refractivity contribution in [2.75, 3.05) is 27.3 Å². The summed E-state index contributed by atoms with van der Waals surface area (Å²) < 4.78 is 11.4. The average molecular weight is 709 g/mol. The molecular weight excluding hydrogens is 664 g/mol. The van der Waals surface area contributed by atoms with Crippen molar-refractivity contribution in [2.45, 2.75) is 77.5 Å². The molecule has 4 aromatic heterocycles. The molecule has 2 fully saturated rings. The lowest BCUT2D eigenvalue weighted by molar-refractivity contribution is -0.136. The van der Waals surface area contributed by atoms with Crippen molar-refractivity contribution in [3.63, 3.8) is 0 Å². The van der Waals surface area contributed by atoms with Gasteiger partial charge in [-0.3, -0.25) is 14.0 Å². The first-order valence-electron chi connectivity index (χ1n) is 16.9. The Bertz CT molecular complexity index is 1700. The number of nitrogens with one attached hydrogen (secondary N) is 4. The zero-order valence-electron chi connectivity index (χ0n) is 29.1. The summed E-state index contributed by atoms with van der Waals surface area (Å²) in [5, 5.41) is 5.36. The van der Waals surface area contributed by atoms with Crippen molar-refractivity contribution < 1.29 is 28.7 Å². The third-order valence-corrected chi connectivity index (χ3v) is 10.4. The summed E-state index contributed by atoms with van der Waals surface area (Å²) in [5.74, 6) is 0.761. The summed E-state index contributed by atoms with van der Waals surface area (Å²) in [5.41, 5.74) is 2.30. The Hall–Kier alpha value is -4.93. The highest BCUT2D eigenvalue weighted by Crippen LogP contribution is 2.36. The number of amides is 4. The first kappa shape index (κ1) is 34.9. The van der Waals surface area contributed by atoms with E-state index in [0.717, 1.165) is 46.9 Å². The highest BCUT2D eigenvalue weighted by molar-refractivity contribution is 7.20. The Balaban J connectivity index is 1.15. The minimum absolute atomic E-state index is 0.113. The molecule has 268 valence electrons. The van der Waals surface area contributed by atoms with E-state index in [0.29, 0.717) is 30.4 Å². The van der Waals surface area contributed by atoms with Gasteiger partial charge in [0, 0.05) is 25.5 Å². The average Bonchev–Trinajstić information content (AvgIpc) is 3.93. The van der Waals surface area contributed by atoms with E-state index < -0.39 is 24.3 Å². The van der Waals surface area contributed by atoms with E-state index in [-0.39, 0.29) is 35.7 Å². The third-order valence-electron chi connectivity index (χ3n) is 9.38. The number of hydrogen-bond donors (Lipinski definition) is 4. The van der Waals surface area contributed by atoms with Gasteiger partial charge < -0.3 is 39.9 Å². The molecule has 6 heterocycles. The van der Waals surface area contributed by atoms with Gasteiger partial charge in [0.25, 0.3) is 0 Å². The van der Waals surface area contributed by atoms with Gasteiger partial charge >= 0.3 is 12.2 Å². The third kappa shape index (κ3) is 6.90. The molecule has 2 aliphatic rings. The number of aromatic nitrogens is 6. The fraction of sp³-hybridized carbons (Fsp3) is 0.545. The molecule has 4 unspecified atom stereocenters. The SMILES string of the molecule is COC(=O)NC(C(=O)N1CCCC1c1cnc(-c2cn3cc(-c4cnc(C5CCCN5C(=O)C(NC(=O)OC)C(C)C)[nH]4)sc3n2)[nH]1)C(C)C. The summed E-state index contributed by atoms with van der Waals surface area (Å²) in [4.78, 5) is 77.0. The van der Waals surface area contributed by atoms with Gasteiger partial charge in [-0.15, -0.1) is 0 Å². The summed E-state index contributed by atoms with van der Waals surface area (Å²) in [6.07, 6.45) is 9.34. The van der Waals surface area contributed by atoms with Gasteiger partial charge in [-0.25, -0.2) is 24.5 Å². The molecule has 0 radical (unpaired) electrons. The van der Waals surface area contributed by atoms with Crippen LogP contribution in [0.3, 0.4) is 0 Å². The molecule has 4 N–H and O–H groups in total. The maximum atomic E-state index is 13.5. The largest absolute Gasteiger partial charge is 0.453 e. The van der Waals surface area contributed by atoms with E-state index in [9.17, 15) is 19.2 Å². The van der Waals surface area contributed by atoms with Crippen LogP contribution in [0.25, 0.3) is 27.1 Å². The van der Waals surface area contributed by atoms with Crippen LogP contribution in [0.1, 0.15) is 77.0 Å². The molecule has 0 aromatic carbocycles. The number of methoxy groups -OCH3 is 2. The normalized spacial score (nSPS) is 19.0. The molecule has 4 aromatic rings. The van der Waals surface area contributed by atoms with Crippen LogP contribution in [0.2, 0.25) is 0 Å². The van der Waals surface area contributed by atoms with Crippen LogP contribution in [-0.2, 0) is 19.1 Å². The van der Waals surface area contributed by atoms with E-state index in [1.165, 1.54) is 25.6 Å². The number of aromatic amines is 2. The van der Waals surface area contributed by atoms with Crippen LogP contribution in [0.15, 0.2) is 24.8 Å². The maximum Gasteiger partial charge on any atom is 0.407 e. The van der Waals surface area contributed by atoms with Gasteiger partial charge in [0.05, 0.1) is 55.0 Å². The first-order valence-corrected chi connectivity index (χ1v) is 17.7. The number of imidazole rings is 3. The molecule has 0 aliphatic carbocycles. The van der Waals surface area contributed by atoms with Crippen molar-refractivity contribution in [2.24, 2.45) is 11.8 Å². The van der Waals surface area contributed by atoms with Crippen molar-refractivity contribution in [3.8, 4) is 22.1 Å². The second-order valence-electron chi connectivity index (χ2n) is 13.4. The molecule has 16 nitrogen and oxygen atoms in total. The Kier molecular flexibility index (Phi) is 10.1. The summed E-state index contributed by atoms with van der Waals surface area (Å²) in [6, 6.07) is -1.82. The quantitative estimate of drug-likeness (QED) is 0.186. The summed E-state index contributed by atoms with van der Waals surface area (Å²) >= 11 is 1.50. The van der Waals surface area contributed by atoms with Crippen molar-refractivity contribution in [3.05, 3.63) is 36.3 Å². The van der Waals surface area contributed by atoms with E-state index >= 15 is 0 Å². The molecule has 6 rings (SSSR count). The molecule has 50 heavy (non-hydrogen) atoms. The highest BCUT2D eigenvalue weighted by atomic mass is 32.1. The number of nitrogens with zero attached hydrogens (tertiary/aromatic N) is 6. The predicted molar refractivity (Wildman–Crippen MR) is 184 cm³/mol. The maximum absolute atomic E-state index is 13.5. The Morgan fingerprint density at radius 3 is 2.02 bits per heavy atom. The molecule has 0 saturated carbocycles. The van der Waals surface area contributed by atoms with E-state index in [1.807, 2.05) is 44.5 Å². The van der Waals surface area contributed by atoms with Gasteiger partial charge in [0.15, 0.2) is 10.8 Å². The summed E-state index contributed by atoms with van der Waals surface area (Å²) in [7, 11) is 2.56. The number of carbonyl (C=O) groups excluding carboxylic acids is 4. The molecule has 17 heteroatoms. The van der Waals surface area contributed by atoms with Gasteiger partial charge in [0.2, 0.25) is 11.8 Å². The zero-order chi connectivity index (χ0) is 35.7. The van der Waals surface area contributed by atoms with Crippen molar-refractivity contribution >= 4 is 40.3 Å². The number of hydrogen-bond acceptors (Lipinski definition) is 10. The second kappa shape index (κ2) is 14.5. The van der Waals surface area contributed by atoms with Crippen LogP contribution in [0, 0.1) is 11.8 Å². The lowest BCUT2D eigenvalue weighted by atomic mass is 10.0. The minimum atomic E-state index is -0.700. The molecule has 4 amide bonds. The Labute approximate surface area is 293 Å². The Morgan fingerprint density at radius 1 is 0.840 bits per heavy atom. The van der Waals surface area contributed by atoms with Crippen LogP contribution >= 0.6 is 11.3 Å². The van der Waals surface area contributed by atoms with Gasteiger partial charge in [-0.05, 0) is 37.5 Å². The number of ether oxygens (including phenoxy) is 2. The van der Waals surface area contributed by atoms with Crippen molar-refractivity contribution in [1.29, 1.82) is 0 Å². The number of rotatable bonds is 10. The van der Waals surface area contributed by atoms with Gasteiger partial charge in [-0.2, -0.15) is 0 Å². The topological polar surface area (TPSA) is 192 Å². The van der Waals surface area contributed by atoms with Gasteiger partial charge in [0.1, 0.15) is 23.6 Å². The fourth-order valence-electron chi connectivity index (χ4n) is 6.73. The first-order chi connectivity index (χ1) is 24.0. The number of fused-ring (bicyclic) bond motifs is 1. The predicted octanol–water partition coefficient (Wildman–Crippen LogP) is 4.26. The fourth-order valence-corrected chi connectivity index (χ4v) is 7.66. The van der Waals surface area contributed by atoms with Crippen molar-refractivity contribution in [1.82, 2.24) is 49.8 Å². The van der Waals surface area contributed by atoms with E-state index in [1.54, 1.807) is 22.2 Å². The second-order valence-corrected chi connectivity index (χ2v) is 14.4. The standard InChI is InChI=1S/C33H44N10O6S/c1-17(2)25(39-32(46)48-5)29(44)42-11-7-9-22(42)19-13-34-27(36-19)21-15-41-16-24(50-31(41)38-21)20-14-35-28(37-20)23-10-8-12-43(23)30(45)26(18(3)4)40-33(47)49-6/h13-18,22-23,25-26H,7-12H2,1-6H3,(H,34,36)(H,35,37)(H,39,46)(H,40,47). The lowest BCUT2D eigenvalue weighted by Gasteiger charge is -2.30.